The summed E-state index contributed by atoms with van der Waals surface area (Å²) in [5, 5.41) is 8.45. The molecule has 0 radical (unpaired) electrons. The summed E-state index contributed by atoms with van der Waals surface area (Å²) in [5.74, 6) is 0.753. The standard InChI is InChI=1S/C13H16N2O2/c1-15(8-4-7-14)13(16)10-11-5-3-6-12(9-11)17-2/h3,5-6,9H,4,8,10H2,1-2H3. The maximum absolute atomic E-state index is 11.8. The molecule has 0 spiro atoms. The molecule has 0 aromatic heterocycles. The van der Waals surface area contributed by atoms with Crippen molar-refractivity contribution in [2.24, 2.45) is 0 Å². The molecule has 1 aromatic rings. The first kappa shape index (κ1) is 13.0. The van der Waals surface area contributed by atoms with E-state index in [0.29, 0.717) is 19.4 Å². The average Bonchev–Trinajstić information content (AvgIpc) is 2.36. The van der Waals surface area contributed by atoms with Crippen LogP contribution in [-0.4, -0.2) is 31.5 Å². The van der Waals surface area contributed by atoms with Crippen molar-refractivity contribution in [1.29, 1.82) is 5.26 Å². The summed E-state index contributed by atoms with van der Waals surface area (Å²) in [7, 11) is 3.31. The zero-order valence-electron chi connectivity index (χ0n) is 10.1. The van der Waals surface area contributed by atoms with Gasteiger partial charge >= 0.3 is 0 Å². The predicted octanol–water partition coefficient (Wildman–Crippen LogP) is 1.61. The monoisotopic (exact) mass is 232 g/mol. The van der Waals surface area contributed by atoms with Gasteiger partial charge in [0.1, 0.15) is 5.75 Å². The third kappa shape index (κ3) is 4.15. The summed E-state index contributed by atoms with van der Waals surface area (Å²) in [6.07, 6.45) is 0.694. The number of methoxy groups -OCH3 is 1. The van der Waals surface area contributed by atoms with Crippen LogP contribution in [0, 0.1) is 11.3 Å². The van der Waals surface area contributed by atoms with Crippen molar-refractivity contribution < 1.29 is 9.53 Å². The smallest absolute Gasteiger partial charge is 0.226 e. The Morgan fingerprint density at radius 3 is 2.94 bits per heavy atom. The molecule has 17 heavy (non-hydrogen) atoms. The minimum atomic E-state index is 0.00787. The molecule has 90 valence electrons. The SMILES string of the molecule is COc1cccc(CC(=O)N(C)CCC#N)c1. The highest BCUT2D eigenvalue weighted by Gasteiger charge is 2.09. The fraction of sp³-hybridized carbons (Fsp3) is 0.385. The predicted molar refractivity (Wildman–Crippen MR) is 64.6 cm³/mol. The zero-order valence-corrected chi connectivity index (χ0v) is 10.1. The van der Waals surface area contributed by atoms with Gasteiger partial charge in [-0.2, -0.15) is 5.26 Å². The molecule has 4 nitrogen and oxygen atoms in total. The van der Waals surface area contributed by atoms with Gasteiger partial charge in [-0.05, 0) is 17.7 Å². The van der Waals surface area contributed by atoms with Crippen LogP contribution in [0.3, 0.4) is 0 Å². The highest BCUT2D eigenvalue weighted by Crippen LogP contribution is 2.13. The molecular formula is C13H16N2O2. The molecule has 1 rings (SSSR count). The topological polar surface area (TPSA) is 53.3 Å². The van der Waals surface area contributed by atoms with Gasteiger partial charge in [-0.1, -0.05) is 12.1 Å². The molecule has 0 N–H and O–H groups in total. The number of nitrogens with zero attached hydrogens (tertiary/aromatic N) is 2. The van der Waals surface area contributed by atoms with Crippen molar-refractivity contribution in [1.82, 2.24) is 4.90 Å². The third-order valence-corrected chi connectivity index (χ3v) is 2.47. The molecule has 4 heteroatoms. The molecule has 1 aromatic carbocycles. The van der Waals surface area contributed by atoms with Gasteiger partial charge in [-0.15, -0.1) is 0 Å². The van der Waals surface area contributed by atoms with Gasteiger partial charge in [-0.25, -0.2) is 0 Å². The van der Waals surface area contributed by atoms with E-state index in [-0.39, 0.29) is 5.91 Å². The summed E-state index contributed by atoms with van der Waals surface area (Å²) < 4.78 is 5.09. The normalized spacial score (nSPS) is 9.47. The van der Waals surface area contributed by atoms with Gasteiger partial charge in [0.05, 0.1) is 26.0 Å². The first-order valence-corrected chi connectivity index (χ1v) is 5.41. The Morgan fingerprint density at radius 1 is 1.53 bits per heavy atom. The van der Waals surface area contributed by atoms with Crippen LogP contribution in [0.5, 0.6) is 5.75 Å². The number of hydrogen-bond donors (Lipinski definition) is 0. The van der Waals surface area contributed by atoms with Crippen molar-refractivity contribution in [2.45, 2.75) is 12.8 Å². The van der Waals surface area contributed by atoms with E-state index in [1.165, 1.54) is 0 Å². The molecule has 0 aliphatic carbocycles. The largest absolute Gasteiger partial charge is 0.497 e. The third-order valence-electron chi connectivity index (χ3n) is 2.47. The lowest BCUT2D eigenvalue weighted by atomic mass is 10.1. The Balaban J connectivity index is 2.58. The van der Waals surface area contributed by atoms with E-state index in [1.807, 2.05) is 30.3 Å². The molecule has 1 amide bonds. The van der Waals surface area contributed by atoms with Crippen LogP contribution in [0.4, 0.5) is 0 Å². The fourth-order valence-corrected chi connectivity index (χ4v) is 1.43. The van der Waals surface area contributed by atoms with Gasteiger partial charge in [0.15, 0.2) is 0 Å². The number of nitriles is 1. The van der Waals surface area contributed by atoms with Crippen molar-refractivity contribution >= 4 is 5.91 Å². The molecule has 0 unspecified atom stereocenters. The Labute approximate surface area is 101 Å². The maximum atomic E-state index is 11.8. The molecule has 0 saturated heterocycles. The summed E-state index contributed by atoms with van der Waals surface area (Å²) >= 11 is 0. The number of likely N-dealkylation sites (N-methyl/N-ethyl adjacent to an activating group) is 1. The van der Waals surface area contributed by atoms with Gasteiger partial charge < -0.3 is 9.64 Å². The summed E-state index contributed by atoms with van der Waals surface area (Å²) in [6.45, 7) is 0.472. The second kappa shape index (κ2) is 6.54. The molecule has 0 aliphatic heterocycles. The number of rotatable bonds is 5. The number of ether oxygens (including phenoxy) is 1. The Morgan fingerprint density at radius 2 is 2.29 bits per heavy atom. The van der Waals surface area contributed by atoms with E-state index in [2.05, 4.69) is 0 Å². The van der Waals surface area contributed by atoms with E-state index < -0.39 is 0 Å². The van der Waals surface area contributed by atoms with Crippen LogP contribution in [0.15, 0.2) is 24.3 Å². The van der Waals surface area contributed by atoms with Gasteiger partial charge in [0.25, 0.3) is 0 Å². The number of carbonyl (C=O) groups excluding carboxylic acids is 1. The quantitative estimate of drug-likeness (QED) is 0.775. The second-order valence-corrected chi connectivity index (χ2v) is 3.75. The Kier molecular flexibility index (Phi) is 5.02. The minimum absolute atomic E-state index is 0.00787. The molecule has 0 heterocycles. The fourth-order valence-electron chi connectivity index (χ4n) is 1.43. The maximum Gasteiger partial charge on any atom is 0.226 e. The lowest BCUT2D eigenvalue weighted by molar-refractivity contribution is -0.129. The molecular weight excluding hydrogens is 216 g/mol. The van der Waals surface area contributed by atoms with Crippen LogP contribution >= 0.6 is 0 Å². The number of hydrogen-bond acceptors (Lipinski definition) is 3. The summed E-state index contributed by atoms with van der Waals surface area (Å²) in [5.41, 5.74) is 0.915. The van der Waals surface area contributed by atoms with Crippen molar-refractivity contribution in [2.75, 3.05) is 20.7 Å². The van der Waals surface area contributed by atoms with Crippen LogP contribution in [0.1, 0.15) is 12.0 Å². The highest BCUT2D eigenvalue weighted by atomic mass is 16.5. The van der Waals surface area contributed by atoms with E-state index in [0.717, 1.165) is 11.3 Å². The number of benzene rings is 1. The van der Waals surface area contributed by atoms with Crippen LogP contribution in [0.25, 0.3) is 0 Å². The first-order valence-electron chi connectivity index (χ1n) is 5.41. The lowest BCUT2D eigenvalue weighted by Crippen LogP contribution is -2.28. The molecule has 0 saturated carbocycles. The van der Waals surface area contributed by atoms with Crippen molar-refractivity contribution in [3.8, 4) is 11.8 Å². The summed E-state index contributed by atoms with van der Waals surface area (Å²) in [6, 6.07) is 9.45. The average molecular weight is 232 g/mol. The van der Waals surface area contributed by atoms with Gasteiger partial charge in [-0.3, -0.25) is 4.79 Å². The summed E-state index contributed by atoms with van der Waals surface area (Å²) in [4.78, 5) is 13.4. The van der Waals surface area contributed by atoms with Crippen LogP contribution in [-0.2, 0) is 11.2 Å². The van der Waals surface area contributed by atoms with E-state index in [1.54, 1.807) is 19.1 Å². The Hall–Kier alpha value is -2.02. The van der Waals surface area contributed by atoms with Gasteiger partial charge in [0, 0.05) is 13.6 Å². The zero-order chi connectivity index (χ0) is 12.7. The lowest BCUT2D eigenvalue weighted by Gasteiger charge is -2.15. The molecule has 0 aliphatic rings. The van der Waals surface area contributed by atoms with Crippen LogP contribution < -0.4 is 4.74 Å². The highest BCUT2D eigenvalue weighted by molar-refractivity contribution is 5.78. The van der Waals surface area contributed by atoms with Crippen molar-refractivity contribution in [3.05, 3.63) is 29.8 Å². The molecule has 0 fully saturated rings. The van der Waals surface area contributed by atoms with Crippen molar-refractivity contribution in [3.63, 3.8) is 0 Å². The molecule has 0 atom stereocenters. The van der Waals surface area contributed by atoms with E-state index >= 15 is 0 Å². The van der Waals surface area contributed by atoms with E-state index in [9.17, 15) is 4.79 Å². The van der Waals surface area contributed by atoms with Crippen LogP contribution in [0.2, 0.25) is 0 Å². The second-order valence-electron chi connectivity index (χ2n) is 3.75. The van der Waals surface area contributed by atoms with E-state index in [4.69, 9.17) is 10.00 Å². The number of amides is 1. The Bertz CT molecular complexity index is 424. The van der Waals surface area contributed by atoms with Gasteiger partial charge in [0.2, 0.25) is 5.91 Å². The number of carbonyl (C=O) groups is 1. The molecule has 0 bridgehead atoms. The minimum Gasteiger partial charge on any atom is -0.497 e. The first-order chi connectivity index (χ1) is 8.17.